The van der Waals surface area contributed by atoms with Crippen molar-refractivity contribution in [3.05, 3.63) is 0 Å². The molecule has 1 saturated heterocycles. The summed E-state index contributed by atoms with van der Waals surface area (Å²) in [4.78, 5) is 17.2. The summed E-state index contributed by atoms with van der Waals surface area (Å²) in [6.45, 7) is 6.27. The van der Waals surface area contributed by atoms with Crippen molar-refractivity contribution >= 4 is 17.8 Å². The Morgan fingerprint density at radius 2 is 2.10 bits per heavy atom. The Balaban J connectivity index is 2.25. The van der Waals surface area contributed by atoms with Crippen molar-refractivity contribution < 1.29 is 5.11 Å². The minimum Gasteiger partial charge on any atom is -0.391 e. The van der Waals surface area contributed by atoms with E-state index in [4.69, 9.17) is 0 Å². The number of nitrogens with one attached hydrogen (secondary N) is 1. The van der Waals surface area contributed by atoms with Crippen LogP contribution in [0, 0.1) is 5.92 Å². The van der Waals surface area contributed by atoms with E-state index in [-0.39, 0.29) is 6.10 Å². The number of rotatable bonds is 4. The highest BCUT2D eigenvalue weighted by Gasteiger charge is 2.26. The Morgan fingerprint density at radius 1 is 1.35 bits per heavy atom. The van der Waals surface area contributed by atoms with Gasteiger partial charge in [0.25, 0.3) is 0 Å². The third kappa shape index (κ3) is 3.27. The van der Waals surface area contributed by atoms with E-state index in [1.54, 1.807) is 0 Å². The zero-order chi connectivity index (χ0) is 14.7. The van der Waals surface area contributed by atoms with Crippen LogP contribution in [0.2, 0.25) is 0 Å². The van der Waals surface area contributed by atoms with Gasteiger partial charge in [-0.05, 0) is 19.3 Å². The van der Waals surface area contributed by atoms with Crippen molar-refractivity contribution in [2.24, 2.45) is 5.92 Å². The predicted molar refractivity (Wildman–Crippen MR) is 80.3 cm³/mol. The molecule has 0 spiro atoms. The maximum absolute atomic E-state index is 10.0. The Morgan fingerprint density at radius 3 is 2.70 bits per heavy atom. The van der Waals surface area contributed by atoms with Gasteiger partial charge in [0, 0.05) is 33.7 Å². The van der Waals surface area contributed by atoms with E-state index in [1.165, 1.54) is 0 Å². The molecule has 1 fully saturated rings. The minimum atomic E-state index is -0.328. The number of hydrogen-bond acceptors (Lipinski definition) is 7. The first-order valence-corrected chi connectivity index (χ1v) is 7.11. The summed E-state index contributed by atoms with van der Waals surface area (Å²) in [7, 11) is 3.81. The van der Waals surface area contributed by atoms with Crippen LogP contribution in [0.15, 0.2) is 0 Å². The SMILES string of the molecule is CCNc1nc(N(C)C)nc(N2CCC(C)C(O)C2)n1. The third-order valence-corrected chi connectivity index (χ3v) is 3.55. The Labute approximate surface area is 120 Å². The summed E-state index contributed by atoms with van der Waals surface area (Å²) in [6, 6.07) is 0. The van der Waals surface area contributed by atoms with Crippen LogP contribution in [0.3, 0.4) is 0 Å². The summed E-state index contributed by atoms with van der Waals surface area (Å²) in [5.41, 5.74) is 0. The lowest BCUT2D eigenvalue weighted by molar-refractivity contribution is 0.102. The second-order valence-electron chi connectivity index (χ2n) is 5.46. The number of β-amino-alcohol motifs (C(OH)–C–C–N with tert-alkyl or cyclic N) is 1. The van der Waals surface area contributed by atoms with Crippen molar-refractivity contribution in [3.8, 4) is 0 Å². The summed E-state index contributed by atoms with van der Waals surface area (Å²) in [5, 5.41) is 13.1. The monoisotopic (exact) mass is 280 g/mol. The average molecular weight is 280 g/mol. The summed E-state index contributed by atoms with van der Waals surface area (Å²) < 4.78 is 0. The minimum absolute atomic E-state index is 0.328. The van der Waals surface area contributed by atoms with Gasteiger partial charge < -0.3 is 20.2 Å². The predicted octanol–water partition coefficient (Wildman–Crippen LogP) is 0.576. The molecule has 7 nitrogen and oxygen atoms in total. The van der Waals surface area contributed by atoms with E-state index in [1.807, 2.05) is 30.8 Å². The lowest BCUT2D eigenvalue weighted by Crippen LogP contribution is -2.43. The van der Waals surface area contributed by atoms with E-state index in [2.05, 4.69) is 27.2 Å². The topological polar surface area (TPSA) is 77.4 Å². The zero-order valence-electron chi connectivity index (χ0n) is 12.7. The van der Waals surface area contributed by atoms with Gasteiger partial charge in [-0.25, -0.2) is 0 Å². The first kappa shape index (κ1) is 14.8. The molecule has 2 unspecified atom stereocenters. The van der Waals surface area contributed by atoms with Crippen molar-refractivity contribution in [1.82, 2.24) is 15.0 Å². The third-order valence-electron chi connectivity index (χ3n) is 3.55. The molecule has 1 aliphatic heterocycles. The molecule has 0 aliphatic carbocycles. The molecule has 2 atom stereocenters. The van der Waals surface area contributed by atoms with Crippen molar-refractivity contribution in [3.63, 3.8) is 0 Å². The van der Waals surface area contributed by atoms with Crippen LogP contribution in [-0.4, -0.2) is 59.9 Å². The van der Waals surface area contributed by atoms with E-state index in [0.29, 0.717) is 30.3 Å². The summed E-state index contributed by atoms with van der Waals surface area (Å²) in [6.07, 6.45) is 0.617. The normalized spacial score (nSPS) is 22.8. The molecule has 1 aromatic heterocycles. The van der Waals surface area contributed by atoms with Gasteiger partial charge >= 0.3 is 0 Å². The second kappa shape index (κ2) is 6.21. The van der Waals surface area contributed by atoms with Crippen LogP contribution >= 0.6 is 0 Å². The molecular formula is C13H24N6O. The molecule has 0 aromatic carbocycles. The molecule has 0 saturated carbocycles. The van der Waals surface area contributed by atoms with Crippen molar-refractivity contribution in [2.75, 3.05) is 48.8 Å². The quantitative estimate of drug-likeness (QED) is 0.835. The molecule has 2 heterocycles. The van der Waals surface area contributed by atoms with Gasteiger partial charge in [0.1, 0.15) is 0 Å². The maximum atomic E-state index is 10.0. The fourth-order valence-electron chi connectivity index (χ4n) is 2.16. The van der Waals surface area contributed by atoms with Gasteiger partial charge in [0.05, 0.1) is 6.10 Å². The van der Waals surface area contributed by atoms with E-state index in [0.717, 1.165) is 19.5 Å². The van der Waals surface area contributed by atoms with E-state index >= 15 is 0 Å². The fraction of sp³-hybridized carbons (Fsp3) is 0.769. The van der Waals surface area contributed by atoms with Gasteiger partial charge in [-0.2, -0.15) is 15.0 Å². The molecule has 0 bridgehead atoms. The number of anilines is 3. The lowest BCUT2D eigenvalue weighted by Gasteiger charge is -2.34. The number of nitrogens with zero attached hydrogens (tertiary/aromatic N) is 5. The van der Waals surface area contributed by atoms with Crippen LogP contribution in [0.25, 0.3) is 0 Å². The molecule has 1 aromatic rings. The van der Waals surface area contributed by atoms with Gasteiger partial charge in [0.2, 0.25) is 17.8 Å². The Kier molecular flexibility index (Phi) is 4.59. The van der Waals surface area contributed by atoms with Crippen molar-refractivity contribution in [1.29, 1.82) is 0 Å². The first-order chi connectivity index (χ1) is 9.51. The van der Waals surface area contributed by atoms with E-state index < -0.39 is 0 Å². The number of aromatic nitrogens is 3. The molecule has 2 N–H and O–H groups in total. The van der Waals surface area contributed by atoms with Crippen LogP contribution < -0.4 is 15.1 Å². The first-order valence-electron chi connectivity index (χ1n) is 7.11. The average Bonchev–Trinajstić information content (AvgIpc) is 2.42. The summed E-state index contributed by atoms with van der Waals surface area (Å²) in [5.74, 6) is 2.16. The smallest absolute Gasteiger partial charge is 0.232 e. The molecule has 20 heavy (non-hydrogen) atoms. The number of aliphatic hydroxyl groups excluding tert-OH is 1. The highest BCUT2D eigenvalue weighted by molar-refractivity contribution is 5.44. The molecule has 2 rings (SSSR count). The van der Waals surface area contributed by atoms with Gasteiger partial charge in [-0.1, -0.05) is 6.92 Å². The van der Waals surface area contributed by atoms with Gasteiger partial charge in [-0.3, -0.25) is 0 Å². The standard InChI is InChI=1S/C13H24N6O/c1-5-14-11-15-12(18(3)4)17-13(16-11)19-7-6-9(2)10(20)8-19/h9-10,20H,5-8H2,1-4H3,(H,14,15,16,17). The lowest BCUT2D eigenvalue weighted by atomic mass is 9.96. The van der Waals surface area contributed by atoms with Crippen LogP contribution in [0.5, 0.6) is 0 Å². The van der Waals surface area contributed by atoms with Crippen LogP contribution in [0.1, 0.15) is 20.3 Å². The molecule has 7 heteroatoms. The molecular weight excluding hydrogens is 256 g/mol. The summed E-state index contributed by atoms with van der Waals surface area (Å²) >= 11 is 0. The fourth-order valence-corrected chi connectivity index (χ4v) is 2.16. The molecule has 0 amide bonds. The van der Waals surface area contributed by atoms with E-state index in [9.17, 15) is 5.11 Å². The van der Waals surface area contributed by atoms with Crippen LogP contribution in [-0.2, 0) is 0 Å². The molecule has 112 valence electrons. The van der Waals surface area contributed by atoms with Crippen LogP contribution in [0.4, 0.5) is 17.8 Å². The highest BCUT2D eigenvalue weighted by atomic mass is 16.3. The Bertz CT molecular complexity index is 452. The molecule has 0 radical (unpaired) electrons. The zero-order valence-corrected chi connectivity index (χ0v) is 12.7. The van der Waals surface area contributed by atoms with Gasteiger partial charge in [0.15, 0.2) is 0 Å². The maximum Gasteiger partial charge on any atom is 0.232 e. The second-order valence-corrected chi connectivity index (χ2v) is 5.46. The highest BCUT2D eigenvalue weighted by Crippen LogP contribution is 2.22. The Hall–Kier alpha value is -1.63. The van der Waals surface area contributed by atoms with Gasteiger partial charge in [-0.15, -0.1) is 0 Å². The number of aliphatic hydroxyl groups is 1. The largest absolute Gasteiger partial charge is 0.391 e. The molecule has 1 aliphatic rings. The number of hydrogen-bond donors (Lipinski definition) is 2. The number of piperidine rings is 1. The van der Waals surface area contributed by atoms with Crippen molar-refractivity contribution in [2.45, 2.75) is 26.4 Å².